The number of carboxylic acid groups (broad SMARTS) is 1. The monoisotopic (exact) mass is 266 g/mol. The van der Waals surface area contributed by atoms with E-state index in [0.717, 1.165) is 0 Å². The molecular formula is C13H18N2O4. The number of para-hydroxylation sites is 1. The smallest absolute Gasteiger partial charge is 0.339 e. The van der Waals surface area contributed by atoms with Gasteiger partial charge in [-0.25, -0.2) is 4.79 Å². The van der Waals surface area contributed by atoms with E-state index in [1.54, 1.807) is 29.2 Å². The molecule has 0 atom stereocenters. The predicted octanol–water partition coefficient (Wildman–Crippen LogP) is 0.713. The molecule has 104 valence electrons. The molecule has 6 heteroatoms. The molecule has 0 spiro atoms. The van der Waals surface area contributed by atoms with Crippen molar-refractivity contribution in [1.82, 2.24) is 0 Å². The van der Waals surface area contributed by atoms with Crippen LogP contribution in [0.4, 0.5) is 5.69 Å². The number of nitrogens with two attached hydrogens (primary N) is 1. The average Bonchev–Trinajstić information content (AvgIpc) is 2.42. The average molecular weight is 266 g/mol. The van der Waals surface area contributed by atoms with Gasteiger partial charge >= 0.3 is 11.9 Å². The maximum atomic E-state index is 11.7. The van der Waals surface area contributed by atoms with Crippen molar-refractivity contribution in [3.63, 3.8) is 0 Å². The lowest BCUT2D eigenvalue weighted by Crippen LogP contribution is -2.32. The Morgan fingerprint density at radius 1 is 1.32 bits per heavy atom. The Morgan fingerprint density at radius 3 is 2.58 bits per heavy atom. The van der Waals surface area contributed by atoms with Gasteiger partial charge in [-0.05, 0) is 12.1 Å². The Bertz CT molecular complexity index is 448. The fourth-order valence-electron chi connectivity index (χ4n) is 1.77. The van der Waals surface area contributed by atoms with E-state index in [2.05, 4.69) is 0 Å². The second-order valence-corrected chi connectivity index (χ2v) is 3.93. The van der Waals surface area contributed by atoms with Crippen molar-refractivity contribution in [2.45, 2.75) is 6.42 Å². The van der Waals surface area contributed by atoms with Gasteiger partial charge in [0.1, 0.15) is 0 Å². The van der Waals surface area contributed by atoms with Crippen molar-refractivity contribution in [3.05, 3.63) is 29.8 Å². The number of esters is 1. The zero-order valence-electron chi connectivity index (χ0n) is 10.8. The van der Waals surface area contributed by atoms with Crippen LogP contribution in [0.3, 0.4) is 0 Å². The molecule has 1 rings (SSSR count). The lowest BCUT2D eigenvalue weighted by molar-refractivity contribution is -0.136. The van der Waals surface area contributed by atoms with E-state index in [0.29, 0.717) is 30.9 Å². The van der Waals surface area contributed by atoms with Crippen LogP contribution in [0, 0.1) is 0 Å². The molecule has 0 aromatic heterocycles. The number of hydrogen-bond acceptors (Lipinski definition) is 5. The second kappa shape index (κ2) is 7.38. The molecule has 0 aliphatic heterocycles. The third-order valence-corrected chi connectivity index (χ3v) is 2.64. The van der Waals surface area contributed by atoms with Crippen molar-refractivity contribution in [1.29, 1.82) is 0 Å². The molecule has 0 unspecified atom stereocenters. The SMILES string of the molecule is COC(=O)c1ccccc1N(CCN)CCC(=O)O. The number of carbonyl (C=O) groups is 2. The fraction of sp³-hybridized carbons (Fsp3) is 0.385. The molecule has 19 heavy (non-hydrogen) atoms. The summed E-state index contributed by atoms with van der Waals surface area (Å²) in [5.41, 5.74) is 6.57. The Morgan fingerprint density at radius 2 is 2.00 bits per heavy atom. The number of anilines is 1. The van der Waals surface area contributed by atoms with E-state index >= 15 is 0 Å². The van der Waals surface area contributed by atoms with Crippen molar-refractivity contribution in [3.8, 4) is 0 Å². The number of benzene rings is 1. The van der Waals surface area contributed by atoms with Crippen molar-refractivity contribution in [2.75, 3.05) is 31.6 Å². The zero-order chi connectivity index (χ0) is 14.3. The molecule has 0 aliphatic carbocycles. The third-order valence-electron chi connectivity index (χ3n) is 2.64. The maximum absolute atomic E-state index is 11.7. The van der Waals surface area contributed by atoms with E-state index in [1.807, 2.05) is 0 Å². The summed E-state index contributed by atoms with van der Waals surface area (Å²) in [6, 6.07) is 6.91. The van der Waals surface area contributed by atoms with E-state index in [1.165, 1.54) is 7.11 Å². The molecular weight excluding hydrogens is 248 g/mol. The number of carboxylic acids is 1. The second-order valence-electron chi connectivity index (χ2n) is 3.93. The molecule has 0 saturated carbocycles. The summed E-state index contributed by atoms with van der Waals surface area (Å²) in [6.45, 7) is 1.14. The van der Waals surface area contributed by atoms with Gasteiger partial charge in [-0.1, -0.05) is 12.1 Å². The standard InChI is InChI=1S/C13H18N2O4/c1-19-13(18)10-4-2-3-5-11(10)15(9-7-14)8-6-12(16)17/h2-5H,6-9,14H2,1H3,(H,16,17). The molecule has 1 aromatic carbocycles. The first kappa shape index (κ1) is 15.0. The minimum absolute atomic E-state index is 0.0183. The van der Waals surface area contributed by atoms with Crippen molar-refractivity contribution < 1.29 is 19.4 Å². The molecule has 3 N–H and O–H groups in total. The van der Waals surface area contributed by atoms with Crippen molar-refractivity contribution >= 4 is 17.6 Å². The third kappa shape index (κ3) is 4.26. The summed E-state index contributed by atoms with van der Waals surface area (Å²) in [6.07, 6.45) is -0.0183. The van der Waals surface area contributed by atoms with Gasteiger partial charge in [-0.2, -0.15) is 0 Å². The van der Waals surface area contributed by atoms with E-state index < -0.39 is 11.9 Å². The molecule has 0 aliphatic rings. The minimum Gasteiger partial charge on any atom is -0.481 e. The van der Waals surface area contributed by atoms with Crippen molar-refractivity contribution in [2.24, 2.45) is 5.73 Å². The lowest BCUT2D eigenvalue weighted by Gasteiger charge is -2.25. The Balaban J connectivity index is 3.00. The number of carbonyl (C=O) groups excluding carboxylic acids is 1. The van der Waals surface area contributed by atoms with Crippen LogP contribution in [0.25, 0.3) is 0 Å². The summed E-state index contributed by atoms with van der Waals surface area (Å²) in [5.74, 6) is -1.34. The number of ether oxygens (including phenoxy) is 1. The molecule has 0 bridgehead atoms. The lowest BCUT2D eigenvalue weighted by atomic mass is 10.1. The maximum Gasteiger partial charge on any atom is 0.339 e. The molecule has 0 amide bonds. The first-order chi connectivity index (χ1) is 9.10. The number of aliphatic carboxylic acids is 1. The van der Waals surface area contributed by atoms with Gasteiger partial charge in [-0.15, -0.1) is 0 Å². The normalized spacial score (nSPS) is 10.0. The van der Waals surface area contributed by atoms with Gasteiger partial charge in [-0.3, -0.25) is 4.79 Å². The molecule has 0 saturated heterocycles. The van der Waals surface area contributed by atoms with E-state index in [9.17, 15) is 9.59 Å². The van der Waals surface area contributed by atoms with Gasteiger partial charge in [0.2, 0.25) is 0 Å². The Hall–Kier alpha value is -2.08. The van der Waals surface area contributed by atoms with Crippen LogP contribution in [0.15, 0.2) is 24.3 Å². The van der Waals surface area contributed by atoms with Crippen LogP contribution < -0.4 is 10.6 Å². The molecule has 0 fully saturated rings. The van der Waals surface area contributed by atoms with Gasteiger partial charge in [0.15, 0.2) is 0 Å². The number of nitrogens with zero attached hydrogens (tertiary/aromatic N) is 1. The molecule has 1 aromatic rings. The van der Waals surface area contributed by atoms with Gasteiger partial charge in [0.25, 0.3) is 0 Å². The Kier molecular flexibility index (Phi) is 5.81. The summed E-state index contributed by atoms with van der Waals surface area (Å²) < 4.78 is 4.72. The van der Waals surface area contributed by atoms with Crippen LogP contribution in [0.1, 0.15) is 16.8 Å². The topological polar surface area (TPSA) is 92.9 Å². The molecule has 0 radical (unpaired) electrons. The van der Waals surface area contributed by atoms with Crippen LogP contribution >= 0.6 is 0 Å². The number of rotatable bonds is 7. The number of hydrogen-bond donors (Lipinski definition) is 2. The van der Waals surface area contributed by atoms with Crippen LogP contribution in [0.2, 0.25) is 0 Å². The van der Waals surface area contributed by atoms with Gasteiger partial charge in [0, 0.05) is 19.6 Å². The largest absolute Gasteiger partial charge is 0.481 e. The van der Waals surface area contributed by atoms with Crippen LogP contribution in [-0.4, -0.2) is 43.8 Å². The van der Waals surface area contributed by atoms with E-state index in [4.69, 9.17) is 15.6 Å². The quantitative estimate of drug-likeness (QED) is 0.706. The molecule has 0 heterocycles. The Labute approximate surface area is 111 Å². The predicted molar refractivity (Wildman–Crippen MR) is 71.3 cm³/mol. The number of methoxy groups -OCH3 is 1. The highest BCUT2D eigenvalue weighted by Gasteiger charge is 2.16. The zero-order valence-corrected chi connectivity index (χ0v) is 10.8. The van der Waals surface area contributed by atoms with Gasteiger partial charge in [0.05, 0.1) is 24.8 Å². The van der Waals surface area contributed by atoms with Crippen LogP contribution in [-0.2, 0) is 9.53 Å². The highest BCUT2D eigenvalue weighted by molar-refractivity contribution is 5.95. The highest BCUT2D eigenvalue weighted by atomic mass is 16.5. The van der Waals surface area contributed by atoms with Crippen LogP contribution in [0.5, 0.6) is 0 Å². The first-order valence-electron chi connectivity index (χ1n) is 5.94. The minimum atomic E-state index is -0.891. The summed E-state index contributed by atoms with van der Waals surface area (Å²) >= 11 is 0. The summed E-state index contributed by atoms with van der Waals surface area (Å²) in [5, 5.41) is 8.75. The van der Waals surface area contributed by atoms with E-state index in [-0.39, 0.29) is 6.42 Å². The first-order valence-corrected chi connectivity index (χ1v) is 5.94. The summed E-state index contributed by atoms with van der Waals surface area (Å²) in [4.78, 5) is 24.1. The summed E-state index contributed by atoms with van der Waals surface area (Å²) in [7, 11) is 1.31. The molecule has 6 nitrogen and oxygen atoms in total. The fourth-order valence-corrected chi connectivity index (χ4v) is 1.77. The highest BCUT2D eigenvalue weighted by Crippen LogP contribution is 2.21. The van der Waals surface area contributed by atoms with Gasteiger partial charge < -0.3 is 20.5 Å².